The summed E-state index contributed by atoms with van der Waals surface area (Å²) in [7, 11) is -2.69. The molecule has 1 aliphatic carbocycles. The van der Waals surface area contributed by atoms with Crippen LogP contribution in [0.1, 0.15) is 50.1 Å². The largest absolute Gasteiger partial charge is 0.506 e. The number of hydrogen-bond acceptors (Lipinski definition) is 8. The van der Waals surface area contributed by atoms with Gasteiger partial charge in [0.2, 0.25) is 17.7 Å². The minimum Gasteiger partial charge on any atom is -0.506 e. The topological polar surface area (TPSA) is 189 Å². The van der Waals surface area contributed by atoms with E-state index in [9.17, 15) is 37.5 Å². The molecule has 2 atom stereocenters. The highest BCUT2D eigenvalue weighted by atomic mass is 32.2. The Balaban J connectivity index is 1.03. The summed E-state index contributed by atoms with van der Waals surface area (Å²) < 4.78 is 45.0. The van der Waals surface area contributed by atoms with Gasteiger partial charge in [-0.25, -0.2) is 18.2 Å². The number of imide groups is 1. The Kier molecular flexibility index (Phi) is 7.77. The second-order valence-corrected chi connectivity index (χ2v) is 14.1. The number of nitrogens with zero attached hydrogens (tertiary/aromatic N) is 3. The molecular weight excluding hydrogens is 659 g/mol. The molecule has 4 N–H and O–H groups in total. The van der Waals surface area contributed by atoms with Gasteiger partial charge in [0.15, 0.2) is 5.82 Å². The summed E-state index contributed by atoms with van der Waals surface area (Å²) in [5.74, 6) is -3.57. The van der Waals surface area contributed by atoms with Crippen molar-refractivity contribution in [2.24, 2.45) is 13.0 Å². The average Bonchev–Trinajstić information content (AvgIpc) is 3.46. The molecule has 16 heteroatoms. The Bertz CT molecular complexity index is 2330. The fourth-order valence-electron chi connectivity index (χ4n) is 6.90. The van der Waals surface area contributed by atoms with Crippen molar-refractivity contribution in [3.63, 3.8) is 0 Å². The number of halogens is 1. The van der Waals surface area contributed by atoms with Crippen LogP contribution in [-0.2, 0) is 36.4 Å². The molecule has 2 saturated heterocycles. The molecule has 2 fully saturated rings. The van der Waals surface area contributed by atoms with Crippen LogP contribution < -0.4 is 25.4 Å². The van der Waals surface area contributed by atoms with Gasteiger partial charge in [0, 0.05) is 31.0 Å². The number of phenolic OH excluding ortho intramolecular Hbond substituents is 1. The summed E-state index contributed by atoms with van der Waals surface area (Å²) in [5.41, 5.74) is 2.69. The van der Waals surface area contributed by atoms with E-state index in [2.05, 4.69) is 16.7 Å². The number of carbonyl (C=O) groups excluding carboxylic acids is 4. The number of allylic oxidation sites excluding steroid dienone is 2. The van der Waals surface area contributed by atoms with Crippen molar-refractivity contribution >= 4 is 72.6 Å². The number of amides is 4. The van der Waals surface area contributed by atoms with Gasteiger partial charge in [-0.15, -0.1) is 0 Å². The number of fused-ring (bicyclic) bond motifs is 2. The first-order valence-corrected chi connectivity index (χ1v) is 17.1. The monoisotopic (exact) mass is 690 g/mol. The molecule has 3 aromatic carbocycles. The third-order valence-corrected chi connectivity index (χ3v) is 10.7. The molecule has 1 aromatic heterocycles. The second-order valence-electron chi connectivity index (χ2n) is 12.5. The van der Waals surface area contributed by atoms with Gasteiger partial charge in [0.25, 0.3) is 5.91 Å². The maximum atomic E-state index is 15.4. The normalized spacial score (nSPS) is 20.7. The molecule has 3 aliphatic rings. The molecule has 14 nitrogen and oxygen atoms in total. The lowest BCUT2D eigenvalue weighted by molar-refractivity contribution is -0.135. The maximum Gasteiger partial charge on any atom is 0.329 e. The Morgan fingerprint density at radius 3 is 2.51 bits per heavy atom. The van der Waals surface area contributed by atoms with Crippen molar-refractivity contribution in [1.82, 2.24) is 19.2 Å². The summed E-state index contributed by atoms with van der Waals surface area (Å²) in [4.78, 5) is 61.8. The summed E-state index contributed by atoms with van der Waals surface area (Å²) in [5, 5.41) is 15.8. The van der Waals surface area contributed by atoms with Gasteiger partial charge in [0.05, 0.1) is 11.0 Å². The van der Waals surface area contributed by atoms with Crippen LogP contribution in [0.3, 0.4) is 0 Å². The van der Waals surface area contributed by atoms with Gasteiger partial charge >= 0.3 is 15.9 Å². The van der Waals surface area contributed by atoms with Crippen molar-refractivity contribution in [2.75, 3.05) is 16.2 Å². The summed E-state index contributed by atoms with van der Waals surface area (Å²) in [6.07, 6.45) is 4.82. The molecule has 0 bridgehead atoms. The molecule has 4 amide bonds. The van der Waals surface area contributed by atoms with E-state index in [0.717, 1.165) is 17.6 Å². The number of imidazole rings is 1. The molecule has 0 spiro atoms. The number of nitrogens with one attached hydrogen (secondary N) is 3. The fourth-order valence-corrected chi connectivity index (χ4v) is 8.07. The number of piperidine rings is 1. The Hall–Kier alpha value is -5.51. The molecule has 0 saturated carbocycles. The van der Waals surface area contributed by atoms with Crippen molar-refractivity contribution in [1.29, 1.82) is 0 Å². The zero-order valence-electron chi connectivity index (χ0n) is 26.2. The van der Waals surface area contributed by atoms with E-state index in [4.69, 9.17) is 0 Å². The Labute approximate surface area is 278 Å². The highest BCUT2D eigenvalue weighted by molar-refractivity contribution is 7.92. The third-order valence-electron chi connectivity index (χ3n) is 9.36. The lowest BCUT2D eigenvalue weighted by Crippen LogP contribution is -2.44. The number of anilines is 2. The standard InChI is InChI=1S/C33H31FN6O8S/c1-38-25-14-19(6-9-23(25)40(33(38)46)24-10-11-27(42)36-32(24)45)18-4-2-17(3-5-18)12-28(43)35-21-7-8-22-20(13-21)15-26(41)31(30(22)34)39-16-29(44)37-49(39,47)48/h4,6-9,13-15,17,24,41H,2-3,5,10-12,16H2,1H3,(H,35,43)(H,37,44)(H,36,42,45). The zero-order valence-corrected chi connectivity index (χ0v) is 27.0. The minimum atomic E-state index is -4.34. The first kappa shape index (κ1) is 32.1. The van der Waals surface area contributed by atoms with E-state index in [1.165, 1.54) is 33.4 Å². The molecule has 3 heterocycles. The highest BCUT2D eigenvalue weighted by Crippen LogP contribution is 2.39. The molecule has 254 valence electrons. The molecule has 7 rings (SSSR count). The van der Waals surface area contributed by atoms with E-state index in [1.807, 2.05) is 18.2 Å². The molecule has 49 heavy (non-hydrogen) atoms. The van der Waals surface area contributed by atoms with Gasteiger partial charge in [0.1, 0.15) is 24.0 Å². The van der Waals surface area contributed by atoms with Crippen LogP contribution in [0.2, 0.25) is 0 Å². The molecular formula is C33H31FN6O8S. The van der Waals surface area contributed by atoms with Crippen LogP contribution in [-0.4, -0.2) is 52.8 Å². The van der Waals surface area contributed by atoms with Gasteiger partial charge in [-0.3, -0.25) is 33.6 Å². The predicted octanol–water partition coefficient (Wildman–Crippen LogP) is 2.71. The SMILES string of the molecule is Cn1c(=O)n(C2CCC(=O)NC2=O)c2ccc(C3=CCC(CC(=O)Nc4ccc5c(F)c(N6CC(=O)NS6(=O)=O)c(O)cc5c4)CC3)cc21. The summed E-state index contributed by atoms with van der Waals surface area (Å²) >= 11 is 0. The first-order chi connectivity index (χ1) is 23.3. The van der Waals surface area contributed by atoms with E-state index in [1.54, 1.807) is 11.8 Å². The number of benzene rings is 3. The summed E-state index contributed by atoms with van der Waals surface area (Å²) in [6.45, 7) is -0.665. The summed E-state index contributed by atoms with van der Waals surface area (Å²) in [6, 6.07) is 10.4. The smallest absolute Gasteiger partial charge is 0.329 e. The zero-order chi connectivity index (χ0) is 34.8. The van der Waals surface area contributed by atoms with Crippen molar-refractivity contribution in [3.05, 3.63) is 70.4 Å². The van der Waals surface area contributed by atoms with Gasteiger partial charge in [-0.1, -0.05) is 12.1 Å². The predicted molar refractivity (Wildman–Crippen MR) is 177 cm³/mol. The van der Waals surface area contributed by atoms with Crippen molar-refractivity contribution in [3.8, 4) is 5.75 Å². The van der Waals surface area contributed by atoms with Crippen molar-refractivity contribution < 1.29 is 37.1 Å². The lowest BCUT2D eigenvalue weighted by atomic mass is 9.84. The van der Waals surface area contributed by atoms with Crippen LogP contribution in [0, 0.1) is 11.7 Å². The number of carbonyl (C=O) groups is 4. The quantitative estimate of drug-likeness (QED) is 0.222. The van der Waals surface area contributed by atoms with E-state index >= 15 is 4.39 Å². The van der Waals surface area contributed by atoms with Crippen LogP contribution >= 0.6 is 0 Å². The van der Waals surface area contributed by atoms with Crippen LogP contribution in [0.15, 0.2) is 53.3 Å². The van der Waals surface area contributed by atoms with Gasteiger partial charge in [-0.05, 0) is 84.5 Å². The number of hydrogen-bond donors (Lipinski definition) is 4. The van der Waals surface area contributed by atoms with Crippen molar-refractivity contribution in [2.45, 2.75) is 44.6 Å². The molecule has 4 aromatic rings. The molecule has 2 unspecified atom stereocenters. The number of rotatable bonds is 6. The third kappa shape index (κ3) is 5.71. The van der Waals surface area contributed by atoms with Gasteiger partial charge in [-0.2, -0.15) is 8.42 Å². The van der Waals surface area contributed by atoms with Crippen LogP contribution in [0.25, 0.3) is 27.4 Å². The van der Waals surface area contributed by atoms with Crippen LogP contribution in [0.4, 0.5) is 15.8 Å². The molecule has 2 aliphatic heterocycles. The first-order valence-electron chi connectivity index (χ1n) is 15.6. The number of aryl methyl sites for hydroxylation is 1. The lowest BCUT2D eigenvalue weighted by Gasteiger charge is -2.23. The second kappa shape index (κ2) is 11.9. The van der Waals surface area contributed by atoms with E-state index < -0.39 is 51.9 Å². The fraction of sp³-hybridized carbons (Fsp3) is 0.303. The van der Waals surface area contributed by atoms with Crippen LogP contribution in [0.5, 0.6) is 5.75 Å². The number of aromatic nitrogens is 2. The Morgan fingerprint density at radius 1 is 1.02 bits per heavy atom. The highest BCUT2D eigenvalue weighted by Gasteiger charge is 2.38. The van der Waals surface area contributed by atoms with Gasteiger partial charge < -0.3 is 10.4 Å². The maximum absolute atomic E-state index is 15.4. The number of phenols is 1. The number of aromatic hydroxyl groups is 1. The van der Waals surface area contributed by atoms with E-state index in [-0.39, 0.29) is 53.5 Å². The Morgan fingerprint density at radius 2 is 1.82 bits per heavy atom. The minimum absolute atomic E-state index is 0.00362. The molecule has 0 radical (unpaired) electrons. The average molecular weight is 691 g/mol. The van der Waals surface area contributed by atoms with E-state index in [0.29, 0.717) is 33.9 Å².